The van der Waals surface area contributed by atoms with Crippen LogP contribution >= 0.6 is 0 Å². The van der Waals surface area contributed by atoms with E-state index in [2.05, 4.69) is 71.9 Å². The van der Waals surface area contributed by atoms with Crippen molar-refractivity contribution in [3.8, 4) is 0 Å². The van der Waals surface area contributed by atoms with Gasteiger partial charge in [-0.15, -0.1) is 0 Å². The fourth-order valence-corrected chi connectivity index (χ4v) is 4.99. The molecule has 0 N–H and O–H groups in total. The predicted molar refractivity (Wildman–Crippen MR) is 141 cm³/mol. The van der Waals surface area contributed by atoms with Crippen molar-refractivity contribution >= 4 is 5.78 Å². The van der Waals surface area contributed by atoms with Gasteiger partial charge in [-0.05, 0) is 53.7 Å². The number of allylic oxidation sites excluding steroid dienone is 5. The Bertz CT molecular complexity index is 791. The molecule has 192 valence electrons. The fraction of sp³-hybridized carbons (Fsp3) is 0.700. The third-order valence-corrected chi connectivity index (χ3v) is 7.31. The van der Waals surface area contributed by atoms with Gasteiger partial charge in [-0.2, -0.15) is 0 Å². The molecule has 0 spiro atoms. The van der Waals surface area contributed by atoms with Gasteiger partial charge in [0.15, 0.2) is 0 Å². The van der Waals surface area contributed by atoms with E-state index in [-0.39, 0.29) is 28.4 Å². The smallest absolute Gasteiger partial charge is 0.147 e. The van der Waals surface area contributed by atoms with Gasteiger partial charge in [0.1, 0.15) is 11.5 Å². The van der Waals surface area contributed by atoms with Crippen LogP contribution in [-0.2, 0) is 19.0 Å². The minimum Gasteiger partial charge on any atom is -0.494 e. The van der Waals surface area contributed by atoms with E-state index in [1.165, 1.54) is 17.6 Å². The molecule has 0 aromatic carbocycles. The third-order valence-electron chi connectivity index (χ3n) is 7.31. The molecule has 0 radical (unpaired) electrons. The molecule has 0 saturated carbocycles. The molecule has 4 heteroatoms. The Morgan fingerprint density at radius 3 is 2.35 bits per heavy atom. The van der Waals surface area contributed by atoms with E-state index in [1.54, 1.807) is 14.2 Å². The van der Waals surface area contributed by atoms with Crippen LogP contribution in [0.5, 0.6) is 0 Å². The number of carbonyl (C=O) groups excluding carboxylic acids is 1. The van der Waals surface area contributed by atoms with Gasteiger partial charge in [0.05, 0.1) is 25.7 Å². The Labute approximate surface area is 208 Å². The first-order chi connectivity index (χ1) is 16.0. The van der Waals surface area contributed by atoms with Crippen LogP contribution in [0.3, 0.4) is 0 Å². The van der Waals surface area contributed by atoms with Crippen molar-refractivity contribution in [2.75, 3.05) is 34.0 Å². The number of carbonyl (C=O) groups is 1. The Balaban J connectivity index is 2.01. The van der Waals surface area contributed by atoms with Crippen molar-refractivity contribution in [3.05, 3.63) is 47.3 Å². The van der Waals surface area contributed by atoms with Crippen molar-refractivity contribution in [2.45, 2.75) is 73.6 Å². The normalized spacial score (nSPS) is 22.6. The number of ether oxygens (including phenoxy) is 3. The lowest BCUT2D eigenvalue weighted by atomic mass is 9.66. The SMILES string of the molecule is CCC(C)(C)C(CC(C)(C)C)C1=CCC=C(OCCC2=CC(COC)C(=O)C(COC)C2)C=C1. The summed E-state index contributed by atoms with van der Waals surface area (Å²) < 4.78 is 16.7. The Morgan fingerprint density at radius 1 is 1.03 bits per heavy atom. The summed E-state index contributed by atoms with van der Waals surface area (Å²) in [4.78, 5) is 12.6. The van der Waals surface area contributed by atoms with Gasteiger partial charge in [0.2, 0.25) is 0 Å². The Kier molecular flexibility index (Phi) is 10.8. The molecule has 0 bridgehead atoms. The average Bonchev–Trinajstić information content (AvgIpc) is 3.00. The van der Waals surface area contributed by atoms with E-state index in [4.69, 9.17) is 14.2 Å². The van der Waals surface area contributed by atoms with Crippen LogP contribution in [0.15, 0.2) is 47.3 Å². The number of Topliss-reactive ketones (excluding diaryl/α,β-unsaturated/α-hetero) is 1. The van der Waals surface area contributed by atoms with Gasteiger partial charge in [0, 0.05) is 26.6 Å². The van der Waals surface area contributed by atoms with E-state index < -0.39 is 0 Å². The molecule has 0 aliphatic heterocycles. The summed E-state index contributed by atoms with van der Waals surface area (Å²) in [5.74, 6) is 1.40. The van der Waals surface area contributed by atoms with Crippen molar-refractivity contribution < 1.29 is 19.0 Å². The molecule has 0 aromatic rings. The molecule has 0 aromatic heterocycles. The van der Waals surface area contributed by atoms with E-state index in [9.17, 15) is 4.79 Å². The number of methoxy groups -OCH3 is 2. The highest BCUT2D eigenvalue weighted by Crippen LogP contribution is 2.43. The van der Waals surface area contributed by atoms with Crippen LogP contribution in [0.25, 0.3) is 0 Å². The maximum Gasteiger partial charge on any atom is 0.147 e. The van der Waals surface area contributed by atoms with Gasteiger partial charge in [-0.25, -0.2) is 0 Å². The second kappa shape index (κ2) is 12.9. The van der Waals surface area contributed by atoms with Crippen molar-refractivity contribution in [2.24, 2.45) is 28.6 Å². The van der Waals surface area contributed by atoms with E-state index >= 15 is 0 Å². The molecular formula is C30H48O4. The molecule has 2 aliphatic rings. The molecule has 2 aliphatic carbocycles. The van der Waals surface area contributed by atoms with E-state index in [0.717, 1.165) is 31.4 Å². The lowest BCUT2D eigenvalue weighted by Gasteiger charge is -2.38. The highest BCUT2D eigenvalue weighted by atomic mass is 16.5. The number of ketones is 1. The molecule has 0 amide bonds. The minimum atomic E-state index is -0.181. The number of hydrogen-bond acceptors (Lipinski definition) is 4. The second-order valence-corrected chi connectivity index (χ2v) is 11.8. The largest absolute Gasteiger partial charge is 0.494 e. The molecule has 4 nitrogen and oxygen atoms in total. The summed E-state index contributed by atoms with van der Waals surface area (Å²) in [6, 6.07) is 0. The minimum absolute atomic E-state index is 0.0874. The van der Waals surface area contributed by atoms with Crippen LogP contribution in [0.2, 0.25) is 0 Å². The summed E-state index contributed by atoms with van der Waals surface area (Å²) >= 11 is 0. The van der Waals surface area contributed by atoms with Gasteiger partial charge < -0.3 is 14.2 Å². The van der Waals surface area contributed by atoms with Crippen LogP contribution < -0.4 is 0 Å². The van der Waals surface area contributed by atoms with Gasteiger partial charge in [0.25, 0.3) is 0 Å². The Hall–Kier alpha value is -1.65. The summed E-state index contributed by atoms with van der Waals surface area (Å²) in [6.45, 7) is 15.6. The lowest BCUT2D eigenvalue weighted by molar-refractivity contribution is -0.129. The van der Waals surface area contributed by atoms with Crippen LogP contribution in [0, 0.1) is 28.6 Å². The summed E-state index contributed by atoms with van der Waals surface area (Å²) in [5.41, 5.74) is 3.21. The topological polar surface area (TPSA) is 44.8 Å². The summed E-state index contributed by atoms with van der Waals surface area (Å²) in [6.07, 6.45) is 15.8. The molecule has 3 unspecified atom stereocenters. The molecule has 3 atom stereocenters. The molecule has 2 rings (SSSR count). The van der Waals surface area contributed by atoms with Gasteiger partial charge >= 0.3 is 0 Å². The van der Waals surface area contributed by atoms with Crippen molar-refractivity contribution in [1.82, 2.24) is 0 Å². The van der Waals surface area contributed by atoms with Gasteiger partial charge in [-0.1, -0.05) is 71.8 Å². The van der Waals surface area contributed by atoms with E-state index in [0.29, 0.717) is 25.7 Å². The Morgan fingerprint density at radius 2 is 1.74 bits per heavy atom. The van der Waals surface area contributed by atoms with E-state index in [1.807, 2.05) is 0 Å². The summed E-state index contributed by atoms with van der Waals surface area (Å²) in [5, 5.41) is 0. The second-order valence-electron chi connectivity index (χ2n) is 11.8. The first-order valence-electron chi connectivity index (χ1n) is 12.9. The highest BCUT2D eigenvalue weighted by molar-refractivity contribution is 5.86. The maximum absolute atomic E-state index is 12.6. The average molecular weight is 473 g/mol. The van der Waals surface area contributed by atoms with Crippen LogP contribution in [0.1, 0.15) is 73.6 Å². The van der Waals surface area contributed by atoms with Gasteiger partial charge in [-0.3, -0.25) is 4.79 Å². The quantitative estimate of drug-likeness (QED) is 0.285. The predicted octanol–water partition coefficient (Wildman–Crippen LogP) is 7.08. The maximum atomic E-state index is 12.6. The van der Waals surface area contributed by atoms with Crippen molar-refractivity contribution in [3.63, 3.8) is 0 Å². The number of hydrogen-bond donors (Lipinski definition) is 0. The first kappa shape index (κ1) is 28.6. The fourth-order valence-electron chi connectivity index (χ4n) is 4.99. The summed E-state index contributed by atoms with van der Waals surface area (Å²) in [7, 11) is 3.30. The molecule has 0 saturated heterocycles. The molecule has 34 heavy (non-hydrogen) atoms. The van der Waals surface area contributed by atoms with Crippen LogP contribution in [0.4, 0.5) is 0 Å². The monoisotopic (exact) mass is 472 g/mol. The number of rotatable bonds is 12. The first-order valence-corrected chi connectivity index (χ1v) is 12.9. The van der Waals surface area contributed by atoms with Crippen LogP contribution in [-0.4, -0.2) is 39.8 Å². The highest BCUT2D eigenvalue weighted by Gasteiger charge is 2.33. The zero-order valence-corrected chi connectivity index (χ0v) is 22.9. The molecule has 0 heterocycles. The molecular weight excluding hydrogens is 424 g/mol. The standard InChI is InChI=1S/C30H48O4/c1-9-30(5,6)27(19-29(2,3)4)23-11-10-12-26(14-13-23)34-16-15-22-17-24(20-32-7)28(31)25(18-22)21-33-8/h11-14,17,24-25,27H,9-10,15-16,18-21H2,1-8H3. The molecule has 0 fully saturated rings. The third kappa shape index (κ3) is 8.53. The lowest BCUT2D eigenvalue weighted by Crippen LogP contribution is -2.32. The zero-order chi connectivity index (χ0) is 25.4. The van der Waals surface area contributed by atoms with Crippen molar-refractivity contribution in [1.29, 1.82) is 0 Å². The zero-order valence-electron chi connectivity index (χ0n) is 22.9.